The van der Waals surface area contributed by atoms with Gasteiger partial charge in [0.1, 0.15) is 0 Å². The topological polar surface area (TPSA) is 39.1 Å². The molecular formula is C13H18BrN3OS. The monoisotopic (exact) mass is 343 g/mol. The fourth-order valence-electron chi connectivity index (χ4n) is 1.90. The van der Waals surface area contributed by atoms with Crippen molar-refractivity contribution in [3.05, 3.63) is 32.7 Å². The van der Waals surface area contributed by atoms with E-state index in [0.29, 0.717) is 6.61 Å². The van der Waals surface area contributed by atoms with Crippen LogP contribution in [0.15, 0.2) is 22.1 Å². The first-order chi connectivity index (χ1) is 9.08. The Labute approximate surface area is 125 Å². The number of nitrogens with zero attached hydrogens (tertiary/aromatic N) is 2. The molecule has 0 amide bonds. The third-order valence-corrected chi connectivity index (χ3v) is 4.32. The van der Waals surface area contributed by atoms with Crippen LogP contribution >= 0.6 is 27.3 Å². The molecule has 0 saturated heterocycles. The van der Waals surface area contributed by atoms with E-state index in [-0.39, 0.29) is 6.04 Å². The molecule has 0 radical (unpaired) electrons. The number of halogens is 1. The number of hydrogen-bond acceptors (Lipinski definition) is 4. The normalized spacial score (nSPS) is 12.6. The molecule has 104 valence electrons. The van der Waals surface area contributed by atoms with Gasteiger partial charge in [-0.2, -0.15) is 0 Å². The molecule has 2 aromatic rings. The molecule has 19 heavy (non-hydrogen) atoms. The Balaban J connectivity index is 2.11. The molecule has 0 saturated carbocycles. The molecule has 1 unspecified atom stereocenters. The summed E-state index contributed by atoms with van der Waals surface area (Å²) in [5.74, 6) is 0.895. The van der Waals surface area contributed by atoms with Crippen molar-refractivity contribution in [1.29, 1.82) is 0 Å². The van der Waals surface area contributed by atoms with E-state index in [1.165, 1.54) is 4.88 Å². The highest BCUT2D eigenvalue weighted by atomic mass is 79.9. The first-order valence-electron chi connectivity index (χ1n) is 6.10. The van der Waals surface area contributed by atoms with Gasteiger partial charge in [0.25, 0.3) is 0 Å². The van der Waals surface area contributed by atoms with Gasteiger partial charge in [-0.15, -0.1) is 11.3 Å². The fraction of sp³-hybridized carbons (Fsp3) is 0.462. The lowest BCUT2D eigenvalue weighted by Crippen LogP contribution is -2.23. The van der Waals surface area contributed by atoms with E-state index < -0.39 is 0 Å². The quantitative estimate of drug-likeness (QED) is 0.872. The summed E-state index contributed by atoms with van der Waals surface area (Å²) in [6.45, 7) is 5.59. The molecule has 2 heterocycles. The van der Waals surface area contributed by atoms with Crippen LogP contribution < -0.4 is 5.32 Å². The molecule has 0 fully saturated rings. The third kappa shape index (κ3) is 4.06. The van der Waals surface area contributed by atoms with Crippen LogP contribution in [0.2, 0.25) is 0 Å². The van der Waals surface area contributed by atoms with Crippen LogP contribution in [0, 0.1) is 6.92 Å². The highest BCUT2D eigenvalue weighted by Crippen LogP contribution is 2.22. The summed E-state index contributed by atoms with van der Waals surface area (Å²) in [5, 5.41) is 5.48. The molecule has 0 aliphatic carbocycles. The van der Waals surface area contributed by atoms with E-state index in [9.17, 15) is 0 Å². The zero-order chi connectivity index (χ0) is 13.8. The summed E-state index contributed by atoms with van der Waals surface area (Å²) in [5.41, 5.74) is 1.02. The van der Waals surface area contributed by atoms with Crippen LogP contribution in [0.1, 0.15) is 17.5 Å². The summed E-state index contributed by atoms with van der Waals surface area (Å²) in [6.07, 6.45) is 2.06. The van der Waals surface area contributed by atoms with Crippen molar-refractivity contribution in [3.8, 4) is 0 Å². The number of aryl methyl sites for hydroxylation is 1. The fourth-order valence-corrected chi connectivity index (χ4v) is 3.35. The number of nitrogens with one attached hydrogen (secondary N) is 1. The van der Waals surface area contributed by atoms with E-state index in [1.807, 2.05) is 6.92 Å². The van der Waals surface area contributed by atoms with Crippen molar-refractivity contribution in [2.24, 2.45) is 0 Å². The largest absolute Gasteiger partial charge is 0.383 e. The molecule has 2 aromatic heterocycles. The predicted molar refractivity (Wildman–Crippen MR) is 83.0 cm³/mol. The van der Waals surface area contributed by atoms with Crippen LogP contribution in [0.5, 0.6) is 0 Å². The van der Waals surface area contributed by atoms with Crippen molar-refractivity contribution in [2.45, 2.75) is 26.4 Å². The molecule has 0 aliphatic rings. The van der Waals surface area contributed by atoms with Gasteiger partial charge in [0.05, 0.1) is 18.8 Å². The summed E-state index contributed by atoms with van der Waals surface area (Å²) < 4.78 is 8.41. The first-order valence-corrected chi connectivity index (χ1v) is 7.78. The molecule has 0 spiro atoms. The van der Waals surface area contributed by atoms with Crippen molar-refractivity contribution in [1.82, 2.24) is 9.55 Å². The minimum absolute atomic E-state index is 0.237. The molecule has 1 atom stereocenters. The number of rotatable bonds is 6. The number of methoxy groups -OCH3 is 1. The summed E-state index contributed by atoms with van der Waals surface area (Å²) in [4.78, 5) is 5.82. The Hall–Kier alpha value is -0.850. The maximum atomic E-state index is 5.14. The Morgan fingerprint density at radius 3 is 3.00 bits per heavy atom. The number of aromatic nitrogens is 2. The minimum atomic E-state index is 0.237. The van der Waals surface area contributed by atoms with Gasteiger partial charge in [0, 0.05) is 34.1 Å². The maximum absolute atomic E-state index is 5.14. The van der Waals surface area contributed by atoms with E-state index in [4.69, 9.17) is 4.74 Å². The summed E-state index contributed by atoms with van der Waals surface area (Å²) >= 11 is 5.23. The van der Waals surface area contributed by atoms with Gasteiger partial charge in [-0.25, -0.2) is 4.98 Å². The van der Waals surface area contributed by atoms with Crippen LogP contribution in [-0.4, -0.2) is 29.3 Å². The van der Waals surface area contributed by atoms with Crippen molar-refractivity contribution in [3.63, 3.8) is 0 Å². The third-order valence-electron chi connectivity index (χ3n) is 2.64. The van der Waals surface area contributed by atoms with Crippen LogP contribution in [0.4, 0.5) is 5.95 Å². The van der Waals surface area contributed by atoms with E-state index in [0.717, 1.165) is 22.7 Å². The number of thiophene rings is 1. The Kier molecular flexibility index (Phi) is 5.01. The van der Waals surface area contributed by atoms with Crippen molar-refractivity contribution < 1.29 is 4.74 Å². The van der Waals surface area contributed by atoms with Crippen LogP contribution in [-0.2, 0) is 11.3 Å². The zero-order valence-electron chi connectivity index (χ0n) is 11.3. The smallest absolute Gasteiger partial charge is 0.203 e. The number of ether oxygens (including phenoxy) is 1. The number of imidazole rings is 1. The van der Waals surface area contributed by atoms with E-state index in [1.54, 1.807) is 18.4 Å². The summed E-state index contributed by atoms with van der Waals surface area (Å²) in [7, 11) is 1.71. The average Bonchev–Trinajstić information content (AvgIpc) is 2.87. The van der Waals surface area contributed by atoms with E-state index >= 15 is 0 Å². The van der Waals surface area contributed by atoms with Gasteiger partial charge in [0.15, 0.2) is 0 Å². The van der Waals surface area contributed by atoms with Gasteiger partial charge >= 0.3 is 0 Å². The number of hydrogen-bond donors (Lipinski definition) is 1. The van der Waals surface area contributed by atoms with Crippen molar-refractivity contribution in [2.75, 3.05) is 19.0 Å². The molecule has 2 rings (SSSR count). The van der Waals surface area contributed by atoms with Gasteiger partial charge < -0.3 is 14.6 Å². The second-order valence-electron chi connectivity index (χ2n) is 4.57. The predicted octanol–water partition coefficient (Wildman–Crippen LogP) is 3.51. The second-order valence-corrected chi connectivity index (χ2v) is 6.48. The van der Waals surface area contributed by atoms with Gasteiger partial charge in [0.2, 0.25) is 5.95 Å². The molecular weight excluding hydrogens is 326 g/mol. The van der Waals surface area contributed by atoms with Crippen LogP contribution in [0.3, 0.4) is 0 Å². The summed E-state index contributed by atoms with van der Waals surface area (Å²) in [6, 6.07) is 2.38. The minimum Gasteiger partial charge on any atom is -0.383 e. The molecule has 0 aromatic carbocycles. The van der Waals surface area contributed by atoms with E-state index in [2.05, 4.69) is 55.4 Å². The molecule has 6 heteroatoms. The average molecular weight is 344 g/mol. The molecule has 0 bridgehead atoms. The van der Waals surface area contributed by atoms with Crippen LogP contribution in [0.25, 0.3) is 0 Å². The molecule has 0 aliphatic heterocycles. The maximum Gasteiger partial charge on any atom is 0.203 e. The van der Waals surface area contributed by atoms with Gasteiger partial charge in [-0.1, -0.05) is 0 Å². The standard InChI is InChI=1S/C13H18BrN3OS/c1-9-5-17(6-12-4-11(14)8-19-12)13(15-9)16-10(2)7-18-3/h4-5,8,10H,6-7H2,1-3H3,(H,15,16). The Morgan fingerprint density at radius 2 is 2.37 bits per heavy atom. The lowest BCUT2D eigenvalue weighted by atomic mass is 10.4. The SMILES string of the molecule is COCC(C)Nc1nc(C)cn1Cc1cc(Br)cs1. The number of anilines is 1. The highest BCUT2D eigenvalue weighted by Gasteiger charge is 2.10. The first kappa shape index (κ1) is 14.6. The molecule has 4 nitrogen and oxygen atoms in total. The molecule has 1 N–H and O–H groups in total. The lowest BCUT2D eigenvalue weighted by Gasteiger charge is -2.14. The highest BCUT2D eigenvalue weighted by molar-refractivity contribution is 9.10. The van der Waals surface area contributed by atoms with Gasteiger partial charge in [-0.05, 0) is 35.8 Å². The second kappa shape index (κ2) is 6.54. The lowest BCUT2D eigenvalue weighted by molar-refractivity contribution is 0.190. The zero-order valence-corrected chi connectivity index (χ0v) is 13.7. The van der Waals surface area contributed by atoms with Crippen molar-refractivity contribution >= 4 is 33.2 Å². The Morgan fingerprint density at radius 1 is 1.58 bits per heavy atom. The van der Waals surface area contributed by atoms with Gasteiger partial charge in [-0.3, -0.25) is 0 Å². The Bertz CT molecular complexity index is 538.